The average Bonchev–Trinajstić information content (AvgIpc) is 2.80. The van der Waals surface area contributed by atoms with Gasteiger partial charge in [-0.2, -0.15) is 0 Å². The largest absolute Gasteiger partial charge is 0.508 e. The second-order valence-electron chi connectivity index (χ2n) is 11.6. The standard InChI is InChI=1S/C32H48O2/c1-25(2)11-8-12-26(3)13-9-14-27(4)15-10-21-32(24-28-16-6-5-7-17-28)22-20-29-23-30(33)18-19-31(29)34-32/h5-7,16-19,23,25-27,33H,8-15,20-22,24H2,1-4H3. The van der Waals surface area contributed by atoms with E-state index in [9.17, 15) is 5.11 Å². The van der Waals surface area contributed by atoms with E-state index >= 15 is 0 Å². The molecule has 0 saturated carbocycles. The van der Waals surface area contributed by atoms with Crippen molar-refractivity contribution in [1.82, 2.24) is 0 Å². The number of aromatic hydroxyl groups is 1. The molecule has 0 spiro atoms. The van der Waals surface area contributed by atoms with Gasteiger partial charge in [0.1, 0.15) is 17.1 Å². The van der Waals surface area contributed by atoms with Gasteiger partial charge in [0.15, 0.2) is 0 Å². The lowest BCUT2D eigenvalue weighted by Gasteiger charge is -2.39. The lowest BCUT2D eigenvalue weighted by Crippen LogP contribution is -2.42. The van der Waals surface area contributed by atoms with Gasteiger partial charge >= 0.3 is 0 Å². The number of hydrogen-bond donors (Lipinski definition) is 1. The minimum Gasteiger partial charge on any atom is -0.508 e. The number of fused-ring (bicyclic) bond motifs is 1. The van der Waals surface area contributed by atoms with E-state index in [1.165, 1.54) is 56.9 Å². The van der Waals surface area contributed by atoms with Crippen LogP contribution in [0.15, 0.2) is 48.5 Å². The Morgan fingerprint density at radius 2 is 1.47 bits per heavy atom. The van der Waals surface area contributed by atoms with Crippen molar-refractivity contribution in [1.29, 1.82) is 0 Å². The number of ether oxygens (including phenoxy) is 1. The molecule has 1 aliphatic heterocycles. The maximum absolute atomic E-state index is 9.87. The van der Waals surface area contributed by atoms with Crippen LogP contribution in [-0.2, 0) is 12.8 Å². The van der Waals surface area contributed by atoms with E-state index < -0.39 is 0 Å². The van der Waals surface area contributed by atoms with E-state index in [1.54, 1.807) is 6.07 Å². The van der Waals surface area contributed by atoms with E-state index in [4.69, 9.17) is 4.74 Å². The summed E-state index contributed by atoms with van der Waals surface area (Å²) in [5.41, 5.74) is 2.35. The second kappa shape index (κ2) is 13.2. The molecule has 0 bridgehead atoms. The number of benzene rings is 2. The summed E-state index contributed by atoms with van der Waals surface area (Å²) in [7, 11) is 0. The molecule has 3 atom stereocenters. The molecule has 0 fully saturated rings. The van der Waals surface area contributed by atoms with Gasteiger partial charge in [0.05, 0.1) is 0 Å². The van der Waals surface area contributed by atoms with Crippen LogP contribution in [-0.4, -0.2) is 10.7 Å². The van der Waals surface area contributed by atoms with E-state index in [-0.39, 0.29) is 5.60 Å². The molecule has 1 N–H and O–H groups in total. The molecular formula is C32H48O2. The summed E-state index contributed by atoms with van der Waals surface area (Å²) >= 11 is 0. The Bertz CT molecular complexity index is 843. The first-order chi connectivity index (χ1) is 16.3. The molecule has 2 nitrogen and oxygen atoms in total. The monoisotopic (exact) mass is 464 g/mol. The first-order valence-electron chi connectivity index (χ1n) is 13.9. The number of hydrogen-bond acceptors (Lipinski definition) is 2. The van der Waals surface area contributed by atoms with E-state index in [0.717, 1.165) is 54.7 Å². The van der Waals surface area contributed by atoms with Gasteiger partial charge in [-0.15, -0.1) is 0 Å². The smallest absolute Gasteiger partial charge is 0.123 e. The van der Waals surface area contributed by atoms with Gasteiger partial charge < -0.3 is 9.84 Å². The lowest BCUT2D eigenvalue weighted by atomic mass is 9.81. The topological polar surface area (TPSA) is 29.5 Å². The zero-order valence-electron chi connectivity index (χ0n) is 22.2. The summed E-state index contributed by atoms with van der Waals surface area (Å²) < 4.78 is 6.72. The first kappa shape index (κ1) is 26.6. The number of aryl methyl sites for hydroxylation is 1. The van der Waals surface area contributed by atoms with Crippen molar-refractivity contribution in [2.24, 2.45) is 17.8 Å². The molecule has 1 aliphatic rings. The van der Waals surface area contributed by atoms with E-state index in [1.807, 2.05) is 12.1 Å². The summed E-state index contributed by atoms with van der Waals surface area (Å²) in [5.74, 6) is 3.78. The molecule has 1 heterocycles. The summed E-state index contributed by atoms with van der Waals surface area (Å²) in [6.45, 7) is 9.54. The Morgan fingerprint density at radius 1 is 0.824 bits per heavy atom. The quantitative estimate of drug-likeness (QED) is 0.302. The molecule has 0 amide bonds. The van der Waals surface area contributed by atoms with Gasteiger partial charge in [-0.05, 0) is 72.8 Å². The predicted molar refractivity (Wildman–Crippen MR) is 145 cm³/mol. The molecule has 0 aliphatic carbocycles. The zero-order chi connectivity index (χ0) is 24.4. The molecule has 2 heteroatoms. The first-order valence-corrected chi connectivity index (χ1v) is 13.9. The highest BCUT2D eigenvalue weighted by Crippen LogP contribution is 2.40. The van der Waals surface area contributed by atoms with Crippen LogP contribution < -0.4 is 4.74 Å². The van der Waals surface area contributed by atoms with E-state index in [2.05, 4.69) is 58.0 Å². The molecule has 0 aromatic heterocycles. The van der Waals surface area contributed by atoms with Crippen LogP contribution in [0.2, 0.25) is 0 Å². The third-order valence-electron chi connectivity index (χ3n) is 7.79. The third kappa shape index (κ3) is 8.67. The highest BCUT2D eigenvalue weighted by Gasteiger charge is 2.36. The molecule has 188 valence electrons. The van der Waals surface area contributed by atoms with Crippen LogP contribution in [0.1, 0.15) is 103 Å². The van der Waals surface area contributed by atoms with Crippen molar-refractivity contribution in [3.63, 3.8) is 0 Å². The van der Waals surface area contributed by atoms with E-state index in [0.29, 0.717) is 5.75 Å². The van der Waals surface area contributed by atoms with Crippen LogP contribution in [0.25, 0.3) is 0 Å². The molecule has 3 unspecified atom stereocenters. The number of phenols is 1. The van der Waals surface area contributed by atoms with Crippen molar-refractivity contribution < 1.29 is 9.84 Å². The Labute approximate surface area is 209 Å². The fraction of sp³-hybridized carbons (Fsp3) is 0.625. The SMILES string of the molecule is CC(C)CCCC(C)CCCC(C)CCCC1(Cc2ccccc2)CCc2cc(O)ccc2O1. The highest BCUT2D eigenvalue weighted by atomic mass is 16.5. The van der Waals surface area contributed by atoms with Gasteiger partial charge in [-0.3, -0.25) is 0 Å². The Kier molecular flexibility index (Phi) is 10.4. The summed E-state index contributed by atoms with van der Waals surface area (Å²) in [4.78, 5) is 0. The van der Waals surface area contributed by atoms with Crippen molar-refractivity contribution in [3.8, 4) is 11.5 Å². The van der Waals surface area contributed by atoms with Crippen molar-refractivity contribution in [2.75, 3.05) is 0 Å². The highest BCUT2D eigenvalue weighted by molar-refractivity contribution is 5.42. The maximum atomic E-state index is 9.87. The van der Waals surface area contributed by atoms with Crippen LogP contribution in [0.5, 0.6) is 11.5 Å². The Morgan fingerprint density at radius 3 is 2.15 bits per heavy atom. The van der Waals surface area contributed by atoms with Gasteiger partial charge in [-0.1, -0.05) is 103 Å². The normalized spacial score (nSPS) is 19.4. The molecule has 34 heavy (non-hydrogen) atoms. The van der Waals surface area contributed by atoms with Gasteiger partial charge in [0.2, 0.25) is 0 Å². The van der Waals surface area contributed by atoms with Gasteiger partial charge in [-0.25, -0.2) is 0 Å². The van der Waals surface area contributed by atoms with Crippen LogP contribution in [0.3, 0.4) is 0 Å². The van der Waals surface area contributed by atoms with Crippen LogP contribution >= 0.6 is 0 Å². The van der Waals surface area contributed by atoms with Crippen molar-refractivity contribution >= 4 is 0 Å². The molecular weight excluding hydrogens is 416 g/mol. The summed E-state index contributed by atoms with van der Waals surface area (Å²) in [6, 6.07) is 16.4. The number of rotatable bonds is 14. The molecule has 0 radical (unpaired) electrons. The van der Waals surface area contributed by atoms with Crippen molar-refractivity contribution in [2.45, 2.75) is 110 Å². The van der Waals surface area contributed by atoms with Gasteiger partial charge in [0, 0.05) is 6.42 Å². The fourth-order valence-corrected chi connectivity index (χ4v) is 5.62. The fourth-order valence-electron chi connectivity index (χ4n) is 5.62. The Hall–Kier alpha value is -1.96. The average molecular weight is 465 g/mol. The lowest BCUT2D eigenvalue weighted by molar-refractivity contribution is 0.0340. The van der Waals surface area contributed by atoms with Gasteiger partial charge in [0.25, 0.3) is 0 Å². The van der Waals surface area contributed by atoms with Crippen LogP contribution in [0.4, 0.5) is 0 Å². The zero-order valence-corrected chi connectivity index (χ0v) is 22.2. The minimum atomic E-state index is -0.143. The van der Waals surface area contributed by atoms with Crippen LogP contribution in [0, 0.1) is 17.8 Å². The number of phenolic OH excluding ortho intramolecular Hbond substituents is 1. The Balaban J connectivity index is 1.48. The summed E-state index contributed by atoms with van der Waals surface area (Å²) in [6.07, 6.45) is 14.8. The summed E-state index contributed by atoms with van der Waals surface area (Å²) in [5, 5.41) is 9.87. The molecule has 2 aromatic rings. The molecule has 2 aromatic carbocycles. The molecule has 3 rings (SSSR count). The third-order valence-corrected chi connectivity index (χ3v) is 7.79. The maximum Gasteiger partial charge on any atom is 0.123 e. The van der Waals surface area contributed by atoms with Crippen molar-refractivity contribution in [3.05, 3.63) is 59.7 Å². The predicted octanol–water partition coefficient (Wildman–Crippen LogP) is 9.14. The molecule has 0 saturated heterocycles. The second-order valence-corrected chi connectivity index (χ2v) is 11.6. The minimum absolute atomic E-state index is 0.143.